The van der Waals surface area contributed by atoms with Crippen LogP contribution in [0.2, 0.25) is 10.0 Å². The number of hydrogen-bond donors (Lipinski definition) is 1. The van der Waals surface area contributed by atoms with Crippen LogP contribution in [0.5, 0.6) is 5.75 Å². The van der Waals surface area contributed by atoms with Crippen molar-refractivity contribution in [2.24, 2.45) is 0 Å². The van der Waals surface area contributed by atoms with E-state index in [1.165, 1.54) is 19.2 Å². The molecule has 0 atom stereocenters. The lowest BCUT2D eigenvalue weighted by molar-refractivity contribution is 0.146. The van der Waals surface area contributed by atoms with Crippen LogP contribution in [0, 0.1) is 0 Å². The van der Waals surface area contributed by atoms with Gasteiger partial charge in [-0.1, -0.05) is 23.2 Å². The predicted molar refractivity (Wildman–Crippen MR) is 79.3 cm³/mol. The summed E-state index contributed by atoms with van der Waals surface area (Å²) in [6, 6.07) is 2.65. The van der Waals surface area contributed by atoms with E-state index in [0.29, 0.717) is 25.4 Å². The number of sulfonamides is 1. The van der Waals surface area contributed by atoms with E-state index in [1.54, 1.807) is 0 Å². The van der Waals surface area contributed by atoms with Gasteiger partial charge in [0.15, 0.2) is 0 Å². The van der Waals surface area contributed by atoms with Crippen molar-refractivity contribution in [3.05, 3.63) is 22.2 Å². The molecule has 0 spiro atoms. The highest BCUT2D eigenvalue weighted by atomic mass is 35.5. The molecule has 1 rings (SSSR count). The third-order valence-electron chi connectivity index (χ3n) is 2.46. The molecule has 1 aromatic rings. The highest BCUT2D eigenvalue weighted by Gasteiger charge is 2.20. The second-order valence-electron chi connectivity index (χ2n) is 3.87. The molecule has 1 aromatic carbocycles. The average molecular weight is 342 g/mol. The first kappa shape index (κ1) is 17.5. The van der Waals surface area contributed by atoms with Crippen molar-refractivity contribution in [1.82, 2.24) is 4.72 Å². The average Bonchev–Trinajstić information content (AvgIpc) is 2.40. The van der Waals surface area contributed by atoms with Crippen LogP contribution in [0.1, 0.15) is 13.3 Å². The topological polar surface area (TPSA) is 64.6 Å². The van der Waals surface area contributed by atoms with Crippen LogP contribution in [0.25, 0.3) is 0 Å². The number of benzene rings is 1. The van der Waals surface area contributed by atoms with E-state index in [1.807, 2.05) is 6.92 Å². The molecule has 20 heavy (non-hydrogen) atoms. The number of halogens is 2. The van der Waals surface area contributed by atoms with Crippen molar-refractivity contribution in [2.75, 3.05) is 26.9 Å². The van der Waals surface area contributed by atoms with Crippen LogP contribution < -0.4 is 9.46 Å². The van der Waals surface area contributed by atoms with Gasteiger partial charge in [-0.15, -0.1) is 0 Å². The lowest BCUT2D eigenvalue weighted by Crippen LogP contribution is -2.26. The molecule has 0 aromatic heterocycles. The molecule has 1 N–H and O–H groups in total. The Morgan fingerprint density at radius 2 is 1.95 bits per heavy atom. The van der Waals surface area contributed by atoms with Crippen LogP contribution >= 0.6 is 23.2 Å². The van der Waals surface area contributed by atoms with Gasteiger partial charge < -0.3 is 9.47 Å². The third-order valence-corrected chi connectivity index (χ3v) is 4.68. The summed E-state index contributed by atoms with van der Waals surface area (Å²) in [5, 5.41) is 0.246. The number of methoxy groups -OCH3 is 1. The van der Waals surface area contributed by atoms with Crippen LogP contribution in [0.3, 0.4) is 0 Å². The Bertz CT molecular complexity index is 549. The molecular formula is C12H17Cl2NO4S. The fourth-order valence-electron chi connectivity index (χ4n) is 1.48. The molecule has 0 bridgehead atoms. The summed E-state index contributed by atoms with van der Waals surface area (Å²) in [6.45, 7) is 3.24. The number of rotatable bonds is 8. The zero-order chi connectivity index (χ0) is 15.2. The molecular weight excluding hydrogens is 325 g/mol. The van der Waals surface area contributed by atoms with Gasteiger partial charge in [-0.05, 0) is 19.4 Å². The van der Waals surface area contributed by atoms with Crippen molar-refractivity contribution in [1.29, 1.82) is 0 Å². The Kier molecular flexibility index (Phi) is 7.05. The van der Waals surface area contributed by atoms with Crippen LogP contribution in [-0.2, 0) is 14.8 Å². The maximum atomic E-state index is 12.1. The van der Waals surface area contributed by atoms with Gasteiger partial charge in [0.2, 0.25) is 10.0 Å². The highest BCUT2D eigenvalue weighted by Crippen LogP contribution is 2.33. The molecule has 0 saturated heterocycles. The molecule has 0 unspecified atom stereocenters. The first-order valence-electron chi connectivity index (χ1n) is 6.02. The van der Waals surface area contributed by atoms with E-state index in [4.69, 9.17) is 32.7 Å². The molecule has 0 fully saturated rings. The maximum absolute atomic E-state index is 12.1. The minimum absolute atomic E-state index is 0.0589. The summed E-state index contributed by atoms with van der Waals surface area (Å²) in [7, 11) is -2.27. The molecule has 114 valence electrons. The molecule has 0 saturated carbocycles. The molecule has 0 heterocycles. The van der Waals surface area contributed by atoms with Gasteiger partial charge >= 0.3 is 0 Å². The predicted octanol–water partition coefficient (Wildman–Crippen LogP) is 2.71. The third kappa shape index (κ3) is 4.79. The fraction of sp³-hybridized carbons (Fsp3) is 0.500. The van der Waals surface area contributed by atoms with Gasteiger partial charge in [-0.3, -0.25) is 0 Å². The molecule has 5 nitrogen and oxygen atoms in total. The van der Waals surface area contributed by atoms with Gasteiger partial charge in [0, 0.05) is 25.8 Å². The van der Waals surface area contributed by atoms with Crippen molar-refractivity contribution in [3.8, 4) is 5.75 Å². The monoisotopic (exact) mass is 341 g/mol. The Hall–Kier alpha value is -0.530. The van der Waals surface area contributed by atoms with Gasteiger partial charge in [0.1, 0.15) is 10.6 Å². The van der Waals surface area contributed by atoms with Crippen molar-refractivity contribution >= 4 is 33.2 Å². The van der Waals surface area contributed by atoms with Crippen LogP contribution in [0.4, 0.5) is 0 Å². The summed E-state index contributed by atoms with van der Waals surface area (Å²) >= 11 is 11.9. The molecule has 8 heteroatoms. The lowest BCUT2D eigenvalue weighted by atomic mass is 10.3. The highest BCUT2D eigenvalue weighted by molar-refractivity contribution is 7.89. The molecule has 0 aliphatic carbocycles. The number of hydrogen-bond acceptors (Lipinski definition) is 4. The van der Waals surface area contributed by atoms with E-state index < -0.39 is 10.0 Å². The van der Waals surface area contributed by atoms with E-state index in [2.05, 4.69) is 4.72 Å². The Morgan fingerprint density at radius 3 is 2.55 bits per heavy atom. The summed E-state index contributed by atoms with van der Waals surface area (Å²) in [5.41, 5.74) is 0. The van der Waals surface area contributed by atoms with E-state index in [-0.39, 0.29) is 21.5 Å². The summed E-state index contributed by atoms with van der Waals surface area (Å²) in [4.78, 5) is -0.0682. The van der Waals surface area contributed by atoms with Gasteiger partial charge in [0.25, 0.3) is 0 Å². The van der Waals surface area contributed by atoms with Gasteiger partial charge in [-0.25, -0.2) is 13.1 Å². The number of ether oxygens (including phenoxy) is 2. The largest absolute Gasteiger partial charge is 0.495 e. The zero-order valence-corrected chi connectivity index (χ0v) is 13.6. The van der Waals surface area contributed by atoms with Gasteiger partial charge in [0.05, 0.1) is 17.2 Å². The maximum Gasteiger partial charge on any atom is 0.242 e. The van der Waals surface area contributed by atoms with Crippen molar-refractivity contribution in [2.45, 2.75) is 18.2 Å². The standard InChI is InChI=1S/C12H17Cl2NO4S/c1-3-19-6-4-5-15-20(16,17)12-8-9(13)11(18-2)7-10(12)14/h7-8,15H,3-6H2,1-2H3. The number of nitrogens with one attached hydrogen (secondary N) is 1. The lowest BCUT2D eigenvalue weighted by Gasteiger charge is -2.11. The summed E-state index contributed by atoms with van der Waals surface area (Å²) in [6.07, 6.45) is 0.578. The van der Waals surface area contributed by atoms with Crippen LogP contribution in [0.15, 0.2) is 17.0 Å². The van der Waals surface area contributed by atoms with E-state index >= 15 is 0 Å². The second kappa shape index (κ2) is 8.05. The van der Waals surface area contributed by atoms with E-state index in [0.717, 1.165) is 0 Å². The SMILES string of the molecule is CCOCCCNS(=O)(=O)c1cc(Cl)c(OC)cc1Cl. The molecule has 0 radical (unpaired) electrons. The first-order chi connectivity index (χ1) is 9.42. The quantitative estimate of drug-likeness (QED) is 0.738. The first-order valence-corrected chi connectivity index (χ1v) is 8.26. The fourth-order valence-corrected chi connectivity index (χ4v) is 3.40. The minimum atomic E-state index is -3.70. The van der Waals surface area contributed by atoms with Crippen LogP contribution in [-0.4, -0.2) is 35.3 Å². The Morgan fingerprint density at radius 1 is 1.25 bits per heavy atom. The molecule has 0 aliphatic heterocycles. The molecule has 0 amide bonds. The van der Waals surface area contributed by atoms with Crippen molar-refractivity contribution in [3.63, 3.8) is 0 Å². The smallest absolute Gasteiger partial charge is 0.242 e. The van der Waals surface area contributed by atoms with Crippen molar-refractivity contribution < 1.29 is 17.9 Å². The summed E-state index contributed by atoms with van der Waals surface area (Å²) in [5.74, 6) is 0.326. The molecule has 0 aliphatic rings. The summed E-state index contributed by atoms with van der Waals surface area (Å²) < 4.78 is 36.8. The van der Waals surface area contributed by atoms with Gasteiger partial charge in [-0.2, -0.15) is 0 Å². The Labute approximate surface area is 129 Å². The Balaban J connectivity index is 2.80. The normalized spacial score (nSPS) is 11.6. The second-order valence-corrected chi connectivity index (χ2v) is 6.42. The zero-order valence-electron chi connectivity index (χ0n) is 11.3. The minimum Gasteiger partial charge on any atom is -0.495 e. The van der Waals surface area contributed by atoms with E-state index in [9.17, 15) is 8.42 Å².